The van der Waals surface area contributed by atoms with Gasteiger partial charge in [-0.25, -0.2) is 0 Å². The quantitative estimate of drug-likeness (QED) is 0.866. The average Bonchev–Trinajstić information content (AvgIpc) is 2.39. The molecule has 3 nitrogen and oxygen atoms in total. The van der Waals surface area contributed by atoms with E-state index >= 15 is 0 Å². The Morgan fingerprint density at radius 1 is 1.00 bits per heavy atom. The Kier molecular flexibility index (Phi) is 3.50. The van der Waals surface area contributed by atoms with E-state index in [1.165, 1.54) is 12.3 Å². The fourth-order valence-electron chi connectivity index (χ4n) is 1.56. The summed E-state index contributed by atoms with van der Waals surface area (Å²) in [5.74, 6) is 0. The van der Waals surface area contributed by atoms with Crippen LogP contribution in [0.3, 0.4) is 0 Å². The van der Waals surface area contributed by atoms with Crippen molar-refractivity contribution in [3.63, 3.8) is 0 Å². The van der Waals surface area contributed by atoms with E-state index in [0.717, 1.165) is 11.6 Å². The molecule has 0 fully saturated rings. The van der Waals surface area contributed by atoms with Crippen molar-refractivity contribution in [2.75, 3.05) is 5.32 Å². The van der Waals surface area contributed by atoms with Gasteiger partial charge in [0.05, 0.1) is 0 Å². The van der Waals surface area contributed by atoms with E-state index < -0.39 is 11.9 Å². The molecule has 0 bridgehead atoms. The minimum absolute atomic E-state index is 0.550. The van der Waals surface area contributed by atoms with E-state index in [4.69, 9.17) is 0 Å². The maximum Gasteiger partial charge on any atom is 0.433 e. The highest BCUT2D eigenvalue weighted by atomic mass is 19.4. The van der Waals surface area contributed by atoms with Gasteiger partial charge >= 0.3 is 6.18 Å². The molecule has 0 unspecified atom stereocenters. The molecule has 98 valence electrons. The third-order valence-electron chi connectivity index (χ3n) is 2.50. The number of rotatable bonds is 3. The van der Waals surface area contributed by atoms with E-state index in [1.807, 2.05) is 0 Å². The number of carbonyl (C=O) groups is 1. The smallest absolute Gasteiger partial charge is 0.329 e. The number of aromatic nitrogens is 1. The van der Waals surface area contributed by atoms with Crippen LogP contribution in [0.4, 0.5) is 18.9 Å². The number of carbonyl (C=O) groups excluding carboxylic acids is 1. The summed E-state index contributed by atoms with van der Waals surface area (Å²) in [6.07, 6.45) is -2.71. The molecule has 0 spiro atoms. The Labute approximate surface area is 107 Å². The summed E-state index contributed by atoms with van der Waals surface area (Å²) in [6.45, 7) is 0. The van der Waals surface area contributed by atoms with E-state index in [1.54, 1.807) is 24.3 Å². The minimum Gasteiger partial charge on any atom is -0.329 e. The lowest BCUT2D eigenvalue weighted by Gasteiger charge is -2.07. The fraction of sp³-hybridized carbons (Fsp3) is 0.0769. The third-order valence-corrected chi connectivity index (χ3v) is 2.50. The third kappa shape index (κ3) is 3.09. The molecule has 1 aromatic heterocycles. The monoisotopic (exact) mass is 266 g/mol. The van der Waals surface area contributed by atoms with E-state index in [2.05, 4.69) is 10.3 Å². The van der Waals surface area contributed by atoms with Gasteiger partial charge in [0, 0.05) is 17.4 Å². The number of alkyl halides is 3. The molecule has 1 heterocycles. The lowest BCUT2D eigenvalue weighted by molar-refractivity contribution is -0.141. The van der Waals surface area contributed by atoms with Crippen molar-refractivity contribution in [3.8, 4) is 11.1 Å². The Morgan fingerprint density at radius 2 is 1.63 bits per heavy atom. The molecular weight excluding hydrogens is 257 g/mol. The number of hydrogen-bond donors (Lipinski definition) is 1. The van der Waals surface area contributed by atoms with Crippen molar-refractivity contribution in [1.82, 2.24) is 4.98 Å². The second kappa shape index (κ2) is 5.09. The van der Waals surface area contributed by atoms with Gasteiger partial charge in [-0.1, -0.05) is 18.2 Å². The topological polar surface area (TPSA) is 42.0 Å². The van der Waals surface area contributed by atoms with Crippen molar-refractivity contribution in [2.45, 2.75) is 6.18 Å². The molecule has 1 amide bonds. The largest absolute Gasteiger partial charge is 0.433 e. The normalized spacial score (nSPS) is 11.1. The summed E-state index contributed by atoms with van der Waals surface area (Å²) < 4.78 is 37.1. The second-order valence-electron chi connectivity index (χ2n) is 3.77. The van der Waals surface area contributed by atoms with Crippen molar-refractivity contribution in [1.29, 1.82) is 0 Å². The van der Waals surface area contributed by atoms with Gasteiger partial charge in [-0.3, -0.25) is 9.78 Å². The molecule has 0 saturated heterocycles. The molecule has 0 saturated carbocycles. The molecule has 0 radical (unpaired) electrons. The second-order valence-corrected chi connectivity index (χ2v) is 3.77. The number of anilines is 1. The van der Waals surface area contributed by atoms with E-state index in [0.29, 0.717) is 17.7 Å². The number of nitrogens with one attached hydrogen (secondary N) is 1. The first kappa shape index (κ1) is 13.1. The predicted molar refractivity (Wildman–Crippen MR) is 64.4 cm³/mol. The zero-order chi connectivity index (χ0) is 13.9. The van der Waals surface area contributed by atoms with Gasteiger partial charge in [0.15, 0.2) is 0 Å². The number of halogens is 3. The summed E-state index contributed by atoms with van der Waals surface area (Å²) >= 11 is 0. The molecule has 0 atom stereocenters. The maximum absolute atomic E-state index is 12.4. The van der Waals surface area contributed by atoms with Gasteiger partial charge < -0.3 is 5.32 Å². The molecule has 1 N–H and O–H groups in total. The molecule has 0 aliphatic rings. The van der Waals surface area contributed by atoms with Crippen LogP contribution in [0.25, 0.3) is 11.1 Å². The Balaban J connectivity index is 2.24. The first-order valence-corrected chi connectivity index (χ1v) is 5.34. The lowest BCUT2D eigenvalue weighted by atomic mass is 10.1. The number of pyridine rings is 1. The molecule has 1 aromatic carbocycles. The molecule has 2 aromatic rings. The van der Waals surface area contributed by atoms with Crippen molar-refractivity contribution in [2.24, 2.45) is 0 Å². The lowest BCUT2D eigenvalue weighted by Crippen LogP contribution is -2.07. The van der Waals surface area contributed by atoms with Crippen LogP contribution in [0.1, 0.15) is 5.69 Å². The van der Waals surface area contributed by atoms with Crippen LogP contribution in [0.15, 0.2) is 42.6 Å². The molecular formula is C13H9F3N2O. The molecule has 0 aliphatic carbocycles. The number of nitrogens with zero attached hydrogens (tertiary/aromatic N) is 1. The summed E-state index contributed by atoms with van der Waals surface area (Å²) in [6, 6.07) is 8.99. The zero-order valence-electron chi connectivity index (χ0n) is 9.61. The SMILES string of the molecule is O=CNc1ccc(-c2ccc(C(F)(F)F)nc2)cc1. The Morgan fingerprint density at radius 3 is 2.11 bits per heavy atom. The number of benzene rings is 1. The summed E-state index contributed by atoms with van der Waals surface area (Å²) in [5.41, 5.74) is 0.984. The zero-order valence-corrected chi connectivity index (χ0v) is 9.61. The van der Waals surface area contributed by atoms with E-state index in [-0.39, 0.29) is 0 Å². The highest BCUT2D eigenvalue weighted by molar-refractivity contribution is 5.73. The van der Waals surface area contributed by atoms with Gasteiger partial charge in [0.25, 0.3) is 0 Å². The van der Waals surface area contributed by atoms with Gasteiger partial charge in [-0.2, -0.15) is 13.2 Å². The van der Waals surface area contributed by atoms with Crippen molar-refractivity contribution in [3.05, 3.63) is 48.3 Å². The maximum atomic E-state index is 12.4. The van der Waals surface area contributed by atoms with Crippen LogP contribution >= 0.6 is 0 Å². The summed E-state index contributed by atoms with van der Waals surface area (Å²) in [5, 5.41) is 2.47. The summed E-state index contributed by atoms with van der Waals surface area (Å²) in [7, 11) is 0. The fourth-order valence-corrected chi connectivity index (χ4v) is 1.56. The molecule has 6 heteroatoms. The Hall–Kier alpha value is -2.37. The van der Waals surface area contributed by atoms with Gasteiger partial charge in [-0.15, -0.1) is 0 Å². The Bertz CT molecular complexity index is 562. The number of hydrogen-bond acceptors (Lipinski definition) is 2. The minimum atomic E-state index is -4.43. The average molecular weight is 266 g/mol. The van der Waals surface area contributed by atoms with Crippen LogP contribution in [-0.2, 0) is 11.0 Å². The predicted octanol–water partition coefficient (Wildman–Crippen LogP) is 3.34. The molecule has 19 heavy (non-hydrogen) atoms. The van der Waals surface area contributed by atoms with Crippen LogP contribution in [0.5, 0.6) is 0 Å². The first-order chi connectivity index (χ1) is 9.00. The van der Waals surface area contributed by atoms with Gasteiger partial charge in [0.1, 0.15) is 5.69 Å². The van der Waals surface area contributed by atoms with Crippen LogP contribution in [-0.4, -0.2) is 11.4 Å². The van der Waals surface area contributed by atoms with Crippen LogP contribution in [0, 0.1) is 0 Å². The first-order valence-electron chi connectivity index (χ1n) is 5.34. The number of amides is 1. The standard InChI is InChI=1S/C13H9F3N2O/c14-13(15,16)12-6-3-10(7-17-12)9-1-4-11(5-2-9)18-8-19/h1-8H,(H,18,19). The van der Waals surface area contributed by atoms with Crippen LogP contribution < -0.4 is 5.32 Å². The molecule has 2 rings (SSSR count). The van der Waals surface area contributed by atoms with Gasteiger partial charge in [0.2, 0.25) is 6.41 Å². The highest BCUT2D eigenvalue weighted by Crippen LogP contribution is 2.29. The van der Waals surface area contributed by atoms with Crippen molar-refractivity contribution < 1.29 is 18.0 Å². The summed E-state index contributed by atoms with van der Waals surface area (Å²) in [4.78, 5) is 13.6. The van der Waals surface area contributed by atoms with Crippen molar-refractivity contribution >= 4 is 12.1 Å². The van der Waals surface area contributed by atoms with Gasteiger partial charge in [-0.05, 0) is 23.8 Å². The van der Waals surface area contributed by atoms with E-state index in [9.17, 15) is 18.0 Å². The molecule has 0 aliphatic heterocycles. The highest BCUT2D eigenvalue weighted by Gasteiger charge is 2.31. The van der Waals surface area contributed by atoms with Crippen LogP contribution in [0.2, 0.25) is 0 Å².